The fourth-order valence-corrected chi connectivity index (χ4v) is 2.89. The molecule has 1 aliphatic heterocycles. The molecule has 2 rings (SSSR count). The zero-order valence-corrected chi connectivity index (χ0v) is 14.0. The molecule has 4 nitrogen and oxygen atoms in total. The lowest BCUT2D eigenvalue weighted by molar-refractivity contribution is -0.126. The lowest BCUT2D eigenvalue weighted by Crippen LogP contribution is -2.38. The third kappa shape index (κ3) is 3.67. The van der Waals surface area contributed by atoms with E-state index in [9.17, 15) is 9.59 Å². The summed E-state index contributed by atoms with van der Waals surface area (Å²) in [4.78, 5) is 26.3. The van der Waals surface area contributed by atoms with Gasteiger partial charge in [0, 0.05) is 24.7 Å². The molecule has 1 saturated heterocycles. The van der Waals surface area contributed by atoms with Gasteiger partial charge in [-0.3, -0.25) is 9.59 Å². The molecule has 1 N–H and O–H groups in total. The van der Waals surface area contributed by atoms with Gasteiger partial charge < -0.3 is 10.2 Å². The number of nitrogens with zero attached hydrogens (tertiary/aromatic N) is 1. The molecule has 120 valence electrons. The van der Waals surface area contributed by atoms with E-state index in [1.165, 1.54) is 5.56 Å². The molecule has 0 spiro atoms. The van der Waals surface area contributed by atoms with Gasteiger partial charge in [-0.25, -0.2) is 0 Å². The highest BCUT2D eigenvalue weighted by Crippen LogP contribution is 2.27. The Labute approximate surface area is 132 Å². The van der Waals surface area contributed by atoms with Crippen molar-refractivity contribution in [3.63, 3.8) is 0 Å². The quantitative estimate of drug-likeness (QED) is 0.909. The minimum atomic E-state index is -0.242. The van der Waals surface area contributed by atoms with Crippen LogP contribution in [0.3, 0.4) is 0 Å². The summed E-state index contributed by atoms with van der Waals surface area (Å²) in [5.74, 6) is -0.208. The molecule has 2 amide bonds. The van der Waals surface area contributed by atoms with Crippen LogP contribution in [0, 0.1) is 19.8 Å². The molecule has 0 saturated carbocycles. The summed E-state index contributed by atoms with van der Waals surface area (Å²) >= 11 is 0. The van der Waals surface area contributed by atoms with Crippen LogP contribution >= 0.6 is 0 Å². The molecular weight excluding hydrogens is 276 g/mol. The largest absolute Gasteiger partial charge is 0.353 e. The average Bonchev–Trinajstić information content (AvgIpc) is 2.84. The fraction of sp³-hybridized carbons (Fsp3) is 0.556. The number of carbonyl (C=O) groups is 2. The van der Waals surface area contributed by atoms with Crippen LogP contribution in [0.2, 0.25) is 0 Å². The van der Waals surface area contributed by atoms with E-state index in [-0.39, 0.29) is 23.8 Å². The molecule has 1 aromatic rings. The molecule has 1 aliphatic rings. The Morgan fingerprint density at radius 2 is 2.09 bits per heavy atom. The van der Waals surface area contributed by atoms with Crippen molar-refractivity contribution in [1.29, 1.82) is 0 Å². The van der Waals surface area contributed by atoms with Crippen molar-refractivity contribution >= 4 is 17.5 Å². The molecular formula is C18H26N2O2. The molecule has 0 bridgehead atoms. The third-order valence-electron chi connectivity index (χ3n) is 4.41. The lowest BCUT2D eigenvalue weighted by Gasteiger charge is -2.19. The van der Waals surface area contributed by atoms with E-state index >= 15 is 0 Å². The molecule has 0 aliphatic carbocycles. The van der Waals surface area contributed by atoms with Crippen molar-refractivity contribution in [2.24, 2.45) is 5.92 Å². The van der Waals surface area contributed by atoms with E-state index in [1.54, 1.807) is 4.90 Å². The topological polar surface area (TPSA) is 49.4 Å². The van der Waals surface area contributed by atoms with Gasteiger partial charge in [0.05, 0.1) is 5.92 Å². The van der Waals surface area contributed by atoms with Crippen molar-refractivity contribution in [1.82, 2.24) is 5.32 Å². The van der Waals surface area contributed by atoms with Crippen LogP contribution in [0.1, 0.15) is 44.2 Å². The number of hydrogen-bond acceptors (Lipinski definition) is 2. The van der Waals surface area contributed by atoms with Gasteiger partial charge in [0.1, 0.15) is 0 Å². The Bertz CT molecular complexity index is 568. The van der Waals surface area contributed by atoms with E-state index in [1.807, 2.05) is 32.0 Å². The fourth-order valence-electron chi connectivity index (χ4n) is 2.89. The highest BCUT2D eigenvalue weighted by Gasteiger charge is 2.35. The van der Waals surface area contributed by atoms with Crippen LogP contribution in [0.25, 0.3) is 0 Å². The predicted molar refractivity (Wildman–Crippen MR) is 88.9 cm³/mol. The van der Waals surface area contributed by atoms with Gasteiger partial charge in [0.25, 0.3) is 0 Å². The van der Waals surface area contributed by atoms with Gasteiger partial charge >= 0.3 is 0 Å². The Morgan fingerprint density at radius 1 is 1.36 bits per heavy atom. The van der Waals surface area contributed by atoms with Crippen molar-refractivity contribution in [3.8, 4) is 0 Å². The minimum Gasteiger partial charge on any atom is -0.353 e. The second-order valence-corrected chi connectivity index (χ2v) is 6.37. The van der Waals surface area contributed by atoms with Gasteiger partial charge in [-0.2, -0.15) is 0 Å². The van der Waals surface area contributed by atoms with Crippen LogP contribution in [0.5, 0.6) is 0 Å². The first-order valence-electron chi connectivity index (χ1n) is 8.10. The summed E-state index contributed by atoms with van der Waals surface area (Å²) in [5.41, 5.74) is 3.26. The second-order valence-electron chi connectivity index (χ2n) is 6.37. The normalized spacial score (nSPS) is 19.4. The number of carbonyl (C=O) groups excluding carboxylic acids is 2. The summed E-state index contributed by atoms with van der Waals surface area (Å²) in [7, 11) is 0. The van der Waals surface area contributed by atoms with Crippen molar-refractivity contribution < 1.29 is 9.59 Å². The molecule has 1 heterocycles. The molecule has 0 unspecified atom stereocenters. The molecule has 1 fully saturated rings. The average molecular weight is 302 g/mol. The number of aryl methyl sites for hydroxylation is 2. The third-order valence-corrected chi connectivity index (χ3v) is 4.41. The van der Waals surface area contributed by atoms with Gasteiger partial charge in [-0.15, -0.1) is 0 Å². The number of nitrogens with one attached hydrogen (secondary N) is 1. The van der Waals surface area contributed by atoms with Crippen molar-refractivity contribution in [2.75, 3.05) is 11.4 Å². The first kappa shape index (κ1) is 16.5. The maximum atomic E-state index is 12.3. The molecule has 0 aromatic heterocycles. The van der Waals surface area contributed by atoms with Crippen LogP contribution in [0.15, 0.2) is 18.2 Å². The van der Waals surface area contributed by atoms with Gasteiger partial charge in [0.15, 0.2) is 0 Å². The van der Waals surface area contributed by atoms with E-state index in [4.69, 9.17) is 0 Å². The Balaban J connectivity index is 2.04. The van der Waals surface area contributed by atoms with Crippen LogP contribution in [-0.4, -0.2) is 24.4 Å². The number of benzene rings is 1. The number of rotatable bonds is 5. The number of amides is 2. The van der Waals surface area contributed by atoms with E-state index in [0.717, 1.165) is 24.1 Å². The molecule has 22 heavy (non-hydrogen) atoms. The highest BCUT2D eigenvalue weighted by molar-refractivity contribution is 6.00. The van der Waals surface area contributed by atoms with E-state index in [2.05, 4.69) is 19.2 Å². The monoisotopic (exact) mass is 302 g/mol. The Hall–Kier alpha value is -1.84. The van der Waals surface area contributed by atoms with Crippen LogP contribution < -0.4 is 10.2 Å². The van der Waals surface area contributed by atoms with Gasteiger partial charge in [0.2, 0.25) is 11.8 Å². The summed E-state index contributed by atoms with van der Waals surface area (Å²) in [6.45, 7) is 8.68. The summed E-state index contributed by atoms with van der Waals surface area (Å²) in [5, 5.41) is 3.02. The lowest BCUT2D eigenvalue weighted by atomic mass is 10.1. The first-order valence-corrected chi connectivity index (χ1v) is 8.10. The maximum Gasteiger partial charge on any atom is 0.227 e. The van der Waals surface area contributed by atoms with Crippen LogP contribution in [0.4, 0.5) is 5.69 Å². The molecule has 2 atom stereocenters. The Morgan fingerprint density at radius 3 is 2.73 bits per heavy atom. The summed E-state index contributed by atoms with van der Waals surface area (Å²) < 4.78 is 0. The van der Waals surface area contributed by atoms with Gasteiger partial charge in [-0.1, -0.05) is 19.4 Å². The SMILES string of the molecule is CCC[C@@H](C)NC(=O)[C@H]1CC(=O)N(c2ccc(C)c(C)c2)C1. The zero-order chi connectivity index (χ0) is 16.3. The maximum absolute atomic E-state index is 12.3. The van der Waals surface area contributed by atoms with E-state index < -0.39 is 0 Å². The van der Waals surface area contributed by atoms with E-state index in [0.29, 0.717) is 13.0 Å². The zero-order valence-electron chi connectivity index (χ0n) is 14.0. The molecule has 1 aromatic carbocycles. The van der Waals surface area contributed by atoms with Gasteiger partial charge in [-0.05, 0) is 50.5 Å². The standard InChI is InChI=1S/C18H26N2O2/c1-5-6-14(4)19-18(22)15-10-17(21)20(11-15)16-8-7-12(2)13(3)9-16/h7-9,14-15H,5-6,10-11H2,1-4H3,(H,19,22)/t14-,15+/m1/s1. The minimum absolute atomic E-state index is 0.000587. The smallest absolute Gasteiger partial charge is 0.227 e. The van der Waals surface area contributed by atoms with Crippen molar-refractivity contribution in [3.05, 3.63) is 29.3 Å². The van der Waals surface area contributed by atoms with Crippen LogP contribution in [-0.2, 0) is 9.59 Å². The second kappa shape index (κ2) is 6.95. The summed E-state index contributed by atoms with van der Waals surface area (Å²) in [6.07, 6.45) is 2.31. The Kier molecular flexibility index (Phi) is 5.22. The highest BCUT2D eigenvalue weighted by atomic mass is 16.2. The predicted octanol–water partition coefficient (Wildman–Crippen LogP) is 2.96. The van der Waals surface area contributed by atoms with Crippen molar-refractivity contribution in [2.45, 2.75) is 53.0 Å². The molecule has 0 radical (unpaired) electrons. The number of anilines is 1. The first-order chi connectivity index (χ1) is 10.4. The number of hydrogen-bond donors (Lipinski definition) is 1. The summed E-state index contributed by atoms with van der Waals surface area (Å²) in [6, 6.07) is 6.17. The molecule has 4 heteroatoms.